The SMILES string of the molecule is COC(C)(C)C(=O)c1cncc2ccccc12. The standard InChI is InChI=1S/C14H15NO2/c1-14(2,17-3)13(16)12-9-15-8-10-6-4-5-7-11(10)12/h4-9H,1-3H3. The Morgan fingerprint density at radius 1 is 1.24 bits per heavy atom. The highest BCUT2D eigenvalue weighted by molar-refractivity contribution is 6.11. The van der Waals surface area contributed by atoms with E-state index in [1.807, 2.05) is 24.3 Å². The van der Waals surface area contributed by atoms with E-state index < -0.39 is 5.60 Å². The Kier molecular flexibility index (Phi) is 2.94. The van der Waals surface area contributed by atoms with E-state index in [0.717, 1.165) is 10.8 Å². The van der Waals surface area contributed by atoms with Crippen LogP contribution in [0.15, 0.2) is 36.7 Å². The zero-order valence-corrected chi connectivity index (χ0v) is 10.2. The third kappa shape index (κ3) is 2.06. The molecule has 3 nitrogen and oxygen atoms in total. The van der Waals surface area contributed by atoms with Crippen molar-refractivity contribution in [2.45, 2.75) is 19.4 Å². The van der Waals surface area contributed by atoms with Gasteiger partial charge >= 0.3 is 0 Å². The minimum Gasteiger partial charge on any atom is -0.371 e. The van der Waals surface area contributed by atoms with Crippen LogP contribution in [-0.2, 0) is 4.74 Å². The highest BCUT2D eigenvalue weighted by Gasteiger charge is 2.29. The monoisotopic (exact) mass is 229 g/mol. The van der Waals surface area contributed by atoms with Gasteiger partial charge < -0.3 is 4.74 Å². The van der Waals surface area contributed by atoms with E-state index in [9.17, 15) is 4.79 Å². The number of hydrogen-bond acceptors (Lipinski definition) is 3. The number of carbonyl (C=O) groups is 1. The number of Topliss-reactive ketones (excluding diaryl/α,β-unsaturated/α-hetero) is 1. The Balaban J connectivity index is 2.60. The maximum absolute atomic E-state index is 12.3. The Morgan fingerprint density at radius 3 is 2.65 bits per heavy atom. The number of benzene rings is 1. The predicted molar refractivity (Wildman–Crippen MR) is 67.2 cm³/mol. The molecule has 2 aromatic rings. The molecule has 0 unspecified atom stereocenters. The molecule has 3 heteroatoms. The van der Waals surface area contributed by atoms with Gasteiger partial charge in [-0.15, -0.1) is 0 Å². The number of pyridine rings is 1. The number of rotatable bonds is 3. The molecule has 0 saturated carbocycles. The van der Waals surface area contributed by atoms with Crippen molar-refractivity contribution in [2.75, 3.05) is 7.11 Å². The zero-order valence-electron chi connectivity index (χ0n) is 10.2. The van der Waals surface area contributed by atoms with Gasteiger partial charge in [-0.25, -0.2) is 0 Å². The van der Waals surface area contributed by atoms with Crippen LogP contribution in [0.2, 0.25) is 0 Å². The summed E-state index contributed by atoms with van der Waals surface area (Å²) in [5.41, 5.74) is -0.221. The molecule has 0 saturated heterocycles. The van der Waals surface area contributed by atoms with Gasteiger partial charge in [0.05, 0.1) is 0 Å². The Morgan fingerprint density at radius 2 is 1.94 bits per heavy atom. The van der Waals surface area contributed by atoms with Gasteiger partial charge in [-0.2, -0.15) is 0 Å². The van der Waals surface area contributed by atoms with Gasteiger partial charge in [0.1, 0.15) is 5.60 Å². The van der Waals surface area contributed by atoms with Crippen LogP contribution in [0.25, 0.3) is 10.8 Å². The fourth-order valence-corrected chi connectivity index (χ4v) is 1.71. The third-order valence-corrected chi connectivity index (χ3v) is 2.97. The van der Waals surface area contributed by atoms with Gasteiger partial charge in [-0.1, -0.05) is 24.3 Å². The molecule has 0 spiro atoms. The number of fused-ring (bicyclic) bond motifs is 1. The number of ketones is 1. The van der Waals surface area contributed by atoms with Gasteiger partial charge in [0.15, 0.2) is 5.78 Å². The van der Waals surface area contributed by atoms with Crippen LogP contribution in [0.3, 0.4) is 0 Å². The molecule has 1 heterocycles. The van der Waals surface area contributed by atoms with Gasteiger partial charge in [0.2, 0.25) is 0 Å². The van der Waals surface area contributed by atoms with Crippen LogP contribution in [0, 0.1) is 0 Å². The maximum Gasteiger partial charge on any atom is 0.196 e. The molecular formula is C14H15NO2. The summed E-state index contributed by atoms with van der Waals surface area (Å²) in [5, 5.41) is 1.88. The summed E-state index contributed by atoms with van der Waals surface area (Å²) in [6.07, 6.45) is 3.36. The van der Waals surface area contributed by atoms with Gasteiger partial charge in [-0.05, 0) is 19.2 Å². The molecule has 1 aromatic heterocycles. The van der Waals surface area contributed by atoms with Crippen LogP contribution < -0.4 is 0 Å². The molecule has 0 amide bonds. The van der Waals surface area contributed by atoms with Crippen molar-refractivity contribution >= 4 is 16.6 Å². The van der Waals surface area contributed by atoms with Crippen molar-refractivity contribution < 1.29 is 9.53 Å². The Labute approximate surface area is 100 Å². The summed E-state index contributed by atoms with van der Waals surface area (Å²) in [7, 11) is 1.54. The fraction of sp³-hybridized carbons (Fsp3) is 0.286. The summed E-state index contributed by atoms with van der Waals surface area (Å²) in [6.45, 7) is 3.52. The fourth-order valence-electron chi connectivity index (χ4n) is 1.71. The second kappa shape index (κ2) is 4.26. The molecule has 0 N–H and O–H groups in total. The molecule has 0 atom stereocenters. The van der Waals surface area contributed by atoms with E-state index in [4.69, 9.17) is 4.74 Å². The number of aromatic nitrogens is 1. The molecule has 0 bridgehead atoms. The van der Waals surface area contributed by atoms with Crippen LogP contribution in [0.5, 0.6) is 0 Å². The third-order valence-electron chi connectivity index (χ3n) is 2.97. The van der Waals surface area contributed by atoms with Crippen molar-refractivity contribution in [3.05, 3.63) is 42.2 Å². The summed E-state index contributed by atoms with van der Waals surface area (Å²) in [6, 6.07) is 7.72. The quantitative estimate of drug-likeness (QED) is 0.760. The first kappa shape index (κ1) is 11.7. The van der Waals surface area contributed by atoms with Gasteiger partial charge in [0.25, 0.3) is 0 Å². The zero-order chi connectivity index (χ0) is 12.5. The topological polar surface area (TPSA) is 39.2 Å². The van der Waals surface area contributed by atoms with Crippen LogP contribution in [0.4, 0.5) is 0 Å². The predicted octanol–water partition coefficient (Wildman–Crippen LogP) is 2.84. The Bertz CT molecular complexity index is 556. The average Bonchev–Trinajstić information content (AvgIpc) is 2.37. The second-order valence-electron chi connectivity index (χ2n) is 4.45. The molecular weight excluding hydrogens is 214 g/mol. The Hall–Kier alpha value is -1.74. The van der Waals surface area contributed by atoms with Crippen molar-refractivity contribution in [2.24, 2.45) is 0 Å². The first-order valence-electron chi connectivity index (χ1n) is 5.49. The van der Waals surface area contributed by atoms with E-state index in [0.29, 0.717) is 5.56 Å². The van der Waals surface area contributed by atoms with Crippen molar-refractivity contribution in [1.82, 2.24) is 4.98 Å². The molecule has 17 heavy (non-hydrogen) atoms. The number of nitrogens with zero attached hydrogens (tertiary/aromatic N) is 1. The van der Waals surface area contributed by atoms with E-state index in [-0.39, 0.29) is 5.78 Å². The molecule has 0 aliphatic carbocycles. The summed E-state index contributed by atoms with van der Waals surface area (Å²) in [5.74, 6) is -0.0516. The molecule has 88 valence electrons. The molecule has 0 fully saturated rings. The molecule has 0 radical (unpaired) electrons. The largest absolute Gasteiger partial charge is 0.371 e. The molecule has 1 aromatic carbocycles. The highest BCUT2D eigenvalue weighted by Crippen LogP contribution is 2.23. The first-order chi connectivity index (χ1) is 8.06. The van der Waals surface area contributed by atoms with E-state index >= 15 is 0 Å². The maximum atomic E-state index is 12.3. The van der Waals surface area contributed by atoms with Crippen LogP contribution in [0.1, 0.15) is 24.2 Å². The lowest BCUT2D eigenvalue weighted by Crippen LogP contribution is -2.34. The summed E-state index contributed by atoms with van der Waals surface area (Å²) < 4.78 is 5.23. The lowest BCUT2D eigenvalue weighted by Gasteiger charge is -2.21. The van der Waals surface area contributed by atoms with Gasteiger partial charge in [-0.3, -0.25) is 9.78 Å². The average molecular weight is 229 g/mol. The highest BCUT2D eigenvalue weighted by atomic mass is 16.5. The lowest BCUT2D eigenvalue weighted by molar-refractivity contribution is 0.0229. The number of carbonyl (C=O) groups excluding carboxylic acids is 1. The van der Waals surface area contributed by atoms with Crippen molar-refractivity contribution in [3.63, 3.8) is 0 Å². The summed E-state index contributed by atoms with van der Waals surface area (Å²) in [4.78, 5) is 16.5. The van der Waals surface area contributed by atoms with E-state index in [1.54, 1.807) is 26.2 Å². The normalized spacial score (nSPS) is 11.7. The van der Waals surface area contributed by atoms with E-state index in [2.05, 4.69) is 4.98 Å². The van der Waals surface area contributed by atoms with E-state index in [1.165, 1.54) is 7.11 Å². The minimum absolute atomic E-state index is 0.0516. The van der Waals surface area contributed by atoms with Gasteiger partial charge in [0, 0.05) is 30.5 Å². The number of methoxy groups -OCH3 is 1. The van der Waals surface area contributed by atoms with Crippen molar-refractivity contribution in [1.29, 1.82) is 0 Å². The summed E-state index contributed by atoms with van der Waals surface area (Å²) >= 11 is 0. The lowest BCUT2D eigenvalue weighted by atomic mass is 9.94. The van der Waals surface area contributed by atoms with Crippen LogP contribution in [-0.4, -0.2) is 23.5 Å². The van der Waals surface area contributed by atoms with Crippen LogP contribution >= 0.6 is 0 Å². The molecule has 0 aliphatic rings. The first-order valence-corrected chi connectivity index (χ1v) is 5.49. The smallest absolute Gasteiger partial charge is 0.196 e. The van der Waals surface area contributed by atoms with Crippen molar-refractivity contribution in [3.8, 4) is 0 Å². The minimum atomic E-state index is -0.828. The number of hydrogen-bond donors (Lipinski definition) is 0. The molecule has 2 rings (SSSR count). The number of ether oxygens (including phenoxy) is 1. The molecule has 0 aliphatic heterocycles. The second-order valence-corrected chi connectivity index (χ2v) is 4.45.